The molecule has 1 unspecified atom stereocenters. The number of nitrogens with one attached hydrogen (secondary N) is 1. The van der Waals surface area contributed by atoms with Gasteiger partial charge in [0.2, 0.25) is 5.91 Å². The standard InChI is InChI=1S/C34H34ClN3O3/c1-25-7-9-27(10-8-25)24-38(32(39)23-26-5-3-2-4-6-26)33(28-11-13-29(35)14-12-28)34(40)36-30-15-17-31(18-16-30)37-19-21-41-22-20-37/h2-18,33H,19-24H2,1H3,(H,36,40). The highest BCUT2D eigenvalue weighted by Gasteiger charge is 2.32. The minimum absolute atomic E-state index is 0.144. The maximum Gasteiger partial charge on any atom is 0.251 e. The van der Waals surface area contributed by atoms with Crippen LogP contribution in [0.1, 0.15) is 28.3 Å². The molecular formula is C34H34ClN3O3. The van der Waals surface area contributed by atoms with E-state index in [1.165, 1.54) is 0 Å². The Kier molecular flexibility index (Phi) is 9.34. The number of ether oxygens (including phenoxy) is 1. The van der Waals surface area contributed by atoms with Gasteiger partial charge in [-0.1, -0.05) is 83.9 Å². The van der Waals surface area contributed by atoms with Crippen molar-refractivity contribution in [1.82, 2.24) is 4.90 Å². The SMILES string of the molecule is Cc1ccc(CN(C(=O)Cc2ccccc2)C(C(=O)Nc2ccc(N3CCOCC3)cc2)c2ccc(Cl)cc2)cc1. The maximum absolute atomic E-state index is 14.1. The molecular weight excluding hydrogens is 534 g/mol. The Hall–Kier alpha value is -4.13. The number of benzene rings is 4. The first-order chi connectivity index (χ1) is 20.0. The Labute approximate surface area is 246 Å². The van der Waals surface area contributed by atoms with Crippen LogP contribution in [0.3, 0.4) is 0 Å². The van der Waals surface area contributed by atoms with Gasteiger partial charge in [-0.2, -0.15) is 0 Å². The number of carbonyl (C=O) groups excluding carboxylic acids is 2. The van der Waals surface area contributed by atoms with Crippen LogP contribution in [0.2, 0.25) is 5.02 Å². The van der Waals surface area contributed by atoms with E-state index >= 15 is 0 Å². The summed E-state index contributed by atoms with van der Waals surface area (Å²) in [6.07, 6.45) is 0.179. The lowest BCUT2D eigenvalue weighted by atomic mass is 10.0. The summed E-state index contributed by atoms with van der Waals surface area (Å²) in [6.45, 7) is 5.38. The fourth-order valence-electron chi connectivity index (χ4n) is 4.99. The molecule has 210 valence electrons. The van der Waals surface area contributed by atoms with Gasteiger partial charge >= 0.3 is 0 Å². The number of aryl methyl sites for hydroxylation is 1. The molecule has 7 heteroatoms. The molecule has 5 rings (SSSR count). The van der Waals surface area contributed by atoms with E-state index in [-0.39, 0.29) is 24.8 Å². The Morgan fingerprint density at radius 3 is 2.17 bits per heavy atom. The molecule has 0 aromatic heterocycles. The third-order valence-corrected chi connectivity index (χ3v) is 7.50. The van der Waals surface area contributed by atoms with Crippen molar-refractivity contribution >= 4 is 34.8 Å². The molecule has 1 atom stereocenters. The molecule has 1 fully saturated rings. The van der Waals surface area contributed by atoms with Crippen molar-refractivity contribution in [3.63, 3.8) is 0 Å². The third-order valence-electron chi connectivity index (χ3n) is 7.25. The summed E-state index contributed by atoms with van der Waals surface area (Å²) in [6, 6.07) is 31.7. The van der Waals surface area contributed by atoms with E-state index in [1.54, 1.807) is 17.0 Å². The van der Waals surface area contributed by atoms with Crippen LogP contribution in [-0.4, -0.2) is 43.0 Å². The molecule has 0 aliphatic carbocycles. The topological polar surface area (TPSA) is 61.9 Å². The minimum Gasteiger partial charge on any atom is -0.378 e. The largest absolute Gasteiger partial charge is 0.378 e. The van der Waals surface area contributed by atoms with Crippen molar-refractivity contribution in [1.29, 1.82) is 0 Å². The quantitative estimate of drug-likeness (QED) is 0.253. The lowest BCUT2D eigenvalue weighted by Crippen LogP contribution is -2.41. The van der Waals surface area contributed by atoms with E-state index in [2.05, 4.69) is 10.2 Å². The van der Waals surface area contributed by atoms with Crippen LogP contribution < -0.4 is 10.2 Å². The average molecular weight is 568 g/mol. The number of anilines is 2. The van der Waals surface area contributed by atoms with Crippen LogP contribution in [0.4, 0.5) is 11.4 Å². The molecule has 4 aromatic carbocycles. The van der Waals surface area contributed by atoms with Gasteiger partial charge in [0.25, 0.3) is 5.91 Å². The zero-order valence-electron chi connectivity index (χ0n) is 23.1. The second-order valence-corrected chi connectivity index (χ2v) is 10.7. The first kappa shape index (κ1) is 28.4. The normalized spacial score (nSPS) is 13.9. The molecule has 0 spiro atoms. The summed E-state index contributed by atoms with van der Waals surface area (Å²) in [4.78, 5) is 31.9. The van der Waals surface area contributed by atoms with Gasteiger partial charge in [-0.05, 0) is 60.0 Å². The third kappa shape index (κ3) is 7.54. The van der Waals surface area contributed by atoms with E-state index in [4.69, 9.17) is 16.3 Å². The molecule has 4 aromatic rings. The van der Waals surface area contributed by atoms with E-state index in [0.29, 0.717) is 29.5 Å². The first-order valence-corrected chi connectivity index (χ1v) is 14.2. The van der Waals surface area contributed by atoms with E-state index in [0.717, 1.165) is 35.5 Å². The fourth-order valence-corrected chi connectivity index (χ4v) is 5.12. The molecule has 0 radical (unpaired) electrons. The van der Waals surface area contributed by atoms with E-state index in [1.807, 2.05) is 97.9 Å². The Morgan fingerprint density at radius 2 is 1.51 bits per heavy atom. The molecule has 1 saturated heterocycles. The van der Waals surface area contributed by atoms with E-state index < -0.39 is 6.04 Å². The van der Waals surface area contributed by atoms with Crippen molar-refractivity contribution in [2.75, 3.05) is 36.5 Å². The second kappa shape index (κ2) is 13.5. The highest BCUT2D eigenvalue weighted by molar-refractivity contribution is 6.30. The Bertz CT molecular complexity index is 1440. The molecule has 6 nitrogen and oxygen atoms in total. The lowest BCUT2D eigenvalue weighted by Gasteiger charge is -2.32. The maximum atomic E-state index is 14.1. The summed E-state index contributed by atoms with van der Waals surface area (Å²) in [5, 5.41) is 3.63. The highest BCUT2D eigenvalue weighted by atomic mass is 35.5. The van der Waals surface area contributed by atoms with Crippen LogP contribution in [0.5, 0.6) is 0 Å². The molecule has 1 N–H and O–H groups in total. The van der Waals surface area contributed by atoms with Crippen LogP contribution in [-0.2, 0) is 27.3 Å². The second-order valence-electron chi connectivity index (χ2n) is 10.3. The zero-order chi connectivity index (χ0) is 28.6. The summed E-state index contributed by atoms with van der Waals surface area (Å²) in [5.41, 5.74) is 5.39. The van der Waals surface area contributed by atoms with Gasteiger partial charge in [0.15, 0.2) is 0 Å². The Morgan fingerprint density at radius 1 is 0.854 bits per heavy atom. The average Bonchev–Trinajstić information content (AvgIpc) is 3.00. The van der Waals surface area contributed by atoms with Gasteiger partial charge in [-0.15, -0.1) is 0 Å². The monoisotopic (exact) mass is 567 g/mol. The molecule has 0 bridgehead atoms. The number of halogens is 1. The number of amides is 2. The van der Waals surface area contributed by atoms with Gasteiger partial charge in [0, 0.05) is 36.0 Å². The van der Waals surface area contributed by atoms with Crippen molar-refractivity contribution in [3.8, 4) is 0 Å². The van der Waals surface area contributed by atoms with Crippen molar-refractivity contribution in [3.05, 3.63) is 130 Å². The number of hydrogen-bond donors (Lipinski definition) is 1. The summed E-state index contributed by atoms with van der Waals surface area (Å²) < 4.78 is 5.46. The molecule has 1 aliphatic heterocycles. The van der Waals surface area contributed by atoms with Crippen molar-refractivity contribution < 1.29 is 14.3 Å². The van der Waals surface area contributed by atoms with Crippen molar-refractivity contribution in [2.45, 2.75) is 25.9 Å². The number of hydrogen-bond acceptors (Lipinski definition) is 4. The fraction of sp³-hybridized carbons (Fsp3) is 0.235. The molecule has 1 heterocycles. The van der Waals surface area contributed by atoms with E-state index in [9.17, 15) is 9.59 Å². The first-order valence-electron chi connectivity index (χ1n) is 13.8. The molecule has 0 saturated carbocycles. The predicted molar refractivity (Wildman–Crippen MR) is 164 cm³/mol. The number of morpholine rings is 1. The van der Waals surface area contributed by atoms with Gasteiger partial charge in [0.05, 0.1) is 19.6 Å². The molecule has 2 amide bonds. The number of rotatable bonds is 9. The highest BCUT2D eigenvalue weighted by Crippen LogP contribution is 2.28. The van der Waals surface area contributed by atoms with Crippen LogP contribution in [0.25, 0.3) is 0 Å². The smallest absolute Gasteiger partial charge is 0.251 e. The summed E-state index contributed by atoms with van der Waals surface area (Å²) in [5.74, 6) is -0.436. The lowest BCUT2D eigenvalue weighted by molar-refractivity contribution is -0.139. The minimum atomic E-state index is -0.872. The Balaban J connectivity index is 1.45. The van der Waals surface area contributed by atoms with Crippen LogP contribution in [0.15, 0.2) is 103 Å². The summed E-state index contributed by atoms with van der Waals surface area (Å²) in [7, 11) is 0. The zero-order valence-corrected chi connectivity index (χ0v) is 23.9. The van der Waals surface area contributed by atoms with Gasteiger partial charge in [0.1, 0.15) is 6.04 Å². The van der Waals surface area contributed by atoms with Crippen LogP contribution >= 0.6 is 11.6 Å². The van der Waals surface area contributed by atoms with Gasteiger partial charge < -0.3 is 19.9 Å². The summed E-state index contributed by atoms with van der Waals surface area (Å²) >= 11 is 6.21. The predicted octanol–water partition coefficient (Wildman–Crippen LogP) is 6.44. The molecule has 41 heavy (non-hydrogen) atoms. The number of nitrogens with zero attached hydrogens (tertiary/aromatic N) is 2. The van der Waals surface area contributed by atoms with Gasteiger partial charge in [-0.3, -0.25) is 9.59 Å². The van der Waals surface area contributed by atoms with Gasteiger partial charge in [-0.25, -0.2) is 0 Å². The molecule has 1 aliphatic rings. The van der Waals surface area contributed by atoms with Crippen LogP contribution in [0, 0.1) is 6.92 Å². The number of carbonyl (C=O) groups is 2. The van der Waals surface area contributed by atoms with Crippen molar-refractivity contribution in [2.24, 2.45) is 0 Å².